The van der Waals surface area contributed by atoms with Crippen LogP contribution < -0.4 is 26.9 Å². The van der Waals surface area contributed by atoms with Crippen molar-refractivity contribution in [1.29, 1.82) is 0 Å². The predicted molar refractivity (Wildman–Crippen MR) is 70.2 cm³/mol. The van der Waals surface area contributed by atoms with Crippen LogP contribution in [0.2, 0.25) is 5.15 Å². The summed E-state index contributed by atoms with van der Waals surface area (Å²) in [7, 11) is 0. The van der Waals surface area contributed by atoms with E-state index >= 15 is 0 Å². The molecule has 2 N–H and O–H groups in total. The van der Waals surface area contributed by atoms with Gasteiger partial charge in [-0.25, -0.2) is 0 Å². The second-order valence-corrected chi connectivity index (χ2v) is 7.12. The van der Waals surface area contributed by atoms with Crippen LogP contribution in [-0.2, 0) is 0 Å². The molecule has 0 amide bonds. The number of pyridine rings is 1. The maximum atomic E-state index is 6.36. The number of benzene rings is 1. The summed E-state index contributed by atoms with van der Waals surface area (Å²) in [6.07, 6.45) is 0. The molecule has 3 aromatic rings. The zero-order chi connectivity index (χ0) is 12.7. The summed E-state index contributed by atoms with van der Waals surface area (Å²) < 4.78 is 4.03. The monoisotopic (exact) mass is 372 g/mol. The third-order valence-corrected chi connectivity index (χ3v) is 5.68. The molecule has 0 bridgehead atoms. The number of hydrogen-bond acceptors (Lipinski definition) is 2. The van der Waals surface area contributed by atoms with Crippen LogP contribution in [0.3, 0.4) is 0 Å². The topological polar surface area (TPSA) is 43.3 Å². The Morgan fingerprint density at radius 2 is 2.17 bits per heavy atom. The van der Waals surface area contributed by atoms with Crippen molar-refractivity contribution in [3.05, 3.63) is 44.6 Å². The number of halogens is 2. The number of imidazole rings is 1. The van der Waals surface area contributed by atoms with Crippen LogP contribution in [0.5, 0.6) is 0 Å². The fourth-order valence-electron chi connectivity index (χ4n) is 2.11. The van der Waals surface area contributed by atoms with Gasteiger partial charge in [0.15, 0.2) is 0 Å². The van der Waals surface area contributed by atoms with Crippen molar-refractivity contribution in [2.24, 2.45) is 5.73 Å². The van der Waals surface area contributed by atoms with Gasteiger partial charge in [-0.2, -0.15) is 0 Å². The molecule has 18 heavy (non-hydrogen) atoms. The molecule has 0 spiro atoms. The first-order chi connectivity index (χ1) is 8.72. The number of alkyl halides is 1. The van der Waals surface area contributed by atoms with Crippen LogP contribution in [-0.4, -0.2) is 13.9 Å². The Bertz CT molecular complexity index is 736. The van der Waals surface area contributed by atoms with E-state index in [9.17, 15) is 0 Å². The third kappa shape index (κ3) is 1.79. The summed E-state index contributed by atoms with van der Waals surface area (Å²) in [5, 5.41) is 0.709. The molecule has 0 aliphatic heterocycles. The van der Waals surface area contributed by atoms with Crippen molar-refractivity contribution in [2.45, 2.75) is 6.92 Å². The molecule has 5 heteroatoms. The molecular formula is C13H12ClIN3-. The van der Waals surface area contributed by atoms with Gasteiger partial charge in [0.05, 0.1) is 0 Å². The molecule has 0 aliphatic carbocycles. The first-order valence-electron chi connectivity index (χ1n) is 5.58. The Labute approximate surface area is 120 Å². The first-order valence-corrected chi connectivity index (χ1v) is 8.56. The van der Waals surface area contributed by atoms with E-state index in [1.807, 2.05) is 34.7 Å². The fraction of sp³-hybridized carbons (Fsp3) is 0.154. The van der Waals surface area contributed by atoms with Crippen LogP contribution in [0.15, 0.2) is 30.3 Å². The van der Waals surface area contributed by atoms with E-state index in [4.69, 9.17) is 22.3 Å². The summed E-state index contributed by atoms with van der Waals surface area (Å²) >= 11 is 6.15. The molecule has 1 aromatic carbocycles. The molecule has 0 saturated heterocycles. The molecule has 0 unspecified atom stereocenters. The van der Waals surface area contributed by atoms with Crippen molar-refractivity contribution in [3.8, 4) is 0 Å². The predicted octanol–water partition coefficient (Wildman–Crippen LogP) is -0.376. The molecule has 2 heterocycles. The Hall–Kier alpha value is -0.850. The normalized spacial score (nSPS) is 11.7. The minimum atomic E-state index is -0.209. The molecule has 94 valence electrons. The van der Waals surface area contributed by atoms with E-state index in [0.29, 0.717) is 5.15 Å². The Balaban J connectivity index is 2.49. The van der Waals surface area contributed by atoms with Crippen LogP contribution in [0.25, 0.3) is 16.7 Å². The van der Waals surface area contributed by atoms with Crippen LogP contribution >= 0.6 is 11.6 Å². The van der Waals surface area contributed by atoms with Gasteiger partial charge in [0, 0.05) is 0 Å². The number of aryl methyl sites for hydroxylation is 1. The van der Waals surface area contributed by atoms with Gasteiger partial charge < -0.3 is 0 Å². The quantitative estimate of drug-likeness (QED) is 0.289. The summed E-state index contributed by atoms with van der Waals surface area (Å²) in [6, 6.07) is 10.1. The molecule has 0 fully saturated rings. The molecule has 0 saturated carbocycles. The van der Waals surface area contributed by atoms with E-state index in [1.165, 1.54) is 9.13 Å². The van der Waals surface area contributed by atoms with Crippen molar-refractivity contribution in [1.82, 2.24) is 9.38 Å². The Morgan fingerprint density at radius 1 is 1.39 bits per heavy atom. The Kier molecular flexibility index (Phi) is 3.17. The summed E-state index contributed by atoms with van der Waals surface area (Å²) in [6.45, 7) is 2.08. The average Bonchev–Trinajstić information content (AvgIpc) is 2.73. The van der Waals surface area contributed by atoms with Gasteiger partial charge in [-0.05, 0) is 0 Å². The van der Waals surface area contributed by atoms with Gasteiger partial charge in [0.1, 0.15) is 0 Å². The number of para-hydroxylation sites is 2. The van der Waals surface area contributed by atoms with Crippen molar-refractivity contribution < 1.29 is 21.2 Å². The molecule has 0 aliphatic rings. The van der Waals surface area contributed by atoms with Crippen LogP contribution in [0.1, 0.15) is 5.56 Å². The zero-order valence-corrected chi connectivity index (χ0v) is 12.7. The maximum absolute atomic E-state index is 6.36. The third-order valence-electron chi connectivity index (χ3n) is 2.86. The molecule has 2 aromatic heterocycles. The summed E-state index contributed by atoms with van der Waals surface area (Å²) in [5.74, 6) is 0. The van der Waals surface area contributed by atoms with Crippen molar-refractivity contribution in [3.63, 3.8) is 0 Å². The van der Waals surface area contributed by atoms with Gasteiger partial charge in [-0.15, -0.1) is 0 Å². The van der Waals surface area contributed by atoms with E-state index in [-0.39, 0.29) is 21.2 Å². The van der Waals surface area contributed by atoms with Crippen LogP contribution in [0, 0.1) is 10.5 Å². The zero-order valence-electron chi connectivity index (χ0n) is 9.82. The van der Waals surface area contributed by atoms with Gasteiger partial charge in [-0.1, -0.05) is 0 Å². The Morgan fingerprint density at radius 3 is 2.94 bits per heavy atom. The van der Waals surface area contributed by atoms with Crippen molar-refractivity contribution in [2.75, 3.05) is 4.55 Å². The van der Waals surface area contributed by atoms with Crippen LogP contribution in [0.4, 0.5) is 0 Å². The molecule has 3 rings (SSSR count). The number of aromatic nitrogens is 2. The average molecular weight is 373 g/mol. The number of hydrogen-bond donors (Lipinski definition) is 1. The second-order valence-electron chi connectivity index (χ2n) is 4.01. The van der Waals surface area contributed by atoms with E-state index in [2.05, 4.69) is 6.92 Å². The second kappa shape index (κ2) is 4.68. The minimum absolute atomic E-state index is 0.209. The summed E-state index contributed by atoms with van der Waals surface area (Å²) in [5.41, 5.74) is 9.93. The van der Waals surface area contributed by atoms with Gasteiger partial charge in [0.2, 0.25) is 0 Å². The van der Waals surface area contributed by atoms with E-state index < -0.39 is 0 Å². The molecule has 0 radical (unpaired) electrons. The van der Waals surface area contributed by atoms with E-state index in [1.54, 1.807) is 0 Å². The number of nitrogens with two attached hydrogens (primary N) is 1. The number of rotatable bonds is 2. The van der Waals surface area contributed by atoms with Gasteiger partial charge in [-0.3, -0.25) is 0 Å². The number of fused-ring (bicyclic) bond motifs is 3. The first kappa shape index (κ1) is 12.2. The molecular weight excluding hydrogens is 361 g/mol. The van der Waals surface area contributed by atoms with E-state index in [0.717, 1.165) is 21.2 Å². The SMILES string of the molecule is Cc1cc(Cl)n2c(nc3ccccc32)c1[I-]CN. The fourth-order valence-corrected chi connectivity index (χ4v) is 4.35. The summed E-state index contributed by atoms with van der Waals surface area (Å²) in [4.78, 5) is 4.71. The standard InChI is InChI=1S/C13H12ClIN3/c1-8-6-11(14)18-10-5-3-2-4-9(10)17-13(18)12(8)15-7-16/h2-6H,7,16H2,1H3/q-1. The molecule has 0 atom stereocenters. The van der Waals surface area contributed by atoms with Gasteiger partial charge >= 0.3 is 121 Å². The molecule has 3 nitrogen and oxygen atoms in total. The van der Waals surface area contributed by atoms with Gasteiger partial charge in [0.25, 0.3) is 0 Å². The number of nitrogens with zero attached hydrogens (tertiary/aromatic N) is 2. The van der Waals surface area contributed by atoms with Crippen molar-refractivity contribution >= 4 is 28.3 Å².